The number of hydrogen-bond acceptors (Lipinski definition) is 4. The van der Waals surface area contributed by atoms with Crippen molar-refractivity contribution < 1.29 is 4.42 Å². The Morgan fingerprint density at radius 1 is 1.44 bits per heavy atom. The van der Waals surface area contributed by atoms with E-state index in [4.69, 9.17) is 4.42 Å². The van der Waals surface area contributed by atoms with Gasteiger partial charge in [-0.2, -0.15) is 0 Å². The van der Waals surface area contributed by atoms with Crippen LogP contribution in [0.25, 0.3) is 10.8 Å². The van der Waals surface area contributed by atoms with E-state index in [1.165, 1.54) is 10.4 Å². The number of hydrogen-bond donors (Lipinski definition) is 1. The van der Waals surface area contributed by atoms with Gasteiger partial charge in [0.15, 0.2) is 0 Å². The molecule has 0 aliphatic heterocycles. The summed E-state index contributed by atoms with van der Waals surface area (Å²) >= 11 is 1.73. The van der Waals surface area contributed by atoms with E-state index in [1.54, 1.807) is 17.6 Å². The molecule has 0 bridgehead atoms. The first kappa shape index (κ1) is 11.4. The maximum absolute atomic E-state index is 5.48. The molecule has 0 amide bonds. The highest BCUT2D eigenvalue weighted by Gasteiger charge is 2.10. The molecule has 16 heavy (non-hydrogen) atoms. The number of thiophene rings is 1. The monoisotopic (exact) mass is 236 g/mol. The SMILES string of the molecule is CCNCc1coc(-c2cc(C)c(C)s2)n1. The van der Waals surface area contributed by atoms with E-state index >= 15 is 0 Å². The van der Waals surface area contributed by atoms with Gasteiger partial charge in [0.1, 0.15) is 6.26 Å². The topological polar surface area (TPSA) is 38.1 Å². The van der Waals surface area contributed by atoms with Crippen LogP contribution in [0.15, 0.2) is 16.7 Å². The Balaban J connectivity index is 2.18. The summed E-state index contributed by atoms with van der Waals surface area (Å²) in [7, 11) is 0. The Labute approximate surface area is 99.5 Å². The smallest absolute Gasteiger partial charge is 0.236 e. The van der Waals surface area contributed by atoms with E-state index < -0.39 is 0 Å². The van der Waals surface area contributed by atoms with Crippen molar-refractivity contribution in [2.75, 3.05) is 6.54 Å². The number of nitrogens with one attached hydrogen (secondary N) is 1. The standard InChI is InChI=1S/C12H16N2OS/c1-4-13-6-10-7-15-12(14-10)11-5-8(2)9(3)16-11/h5,7,13H,4,6H2,1-3H3. The minimum absolute atomic E-state index is 0.731. The molecule has 2 heterocycles. The van der Waals surface area contributed by atoms with Crippen molar-refractivity contribution in [3.63, 3.8) is 0 Å². The maximum atomic E-state index is 5.48. The second-order valence-electron chi connectivity index (χ2n) is 3.77. The van der Waals surface area contributed by atoms with Crippen molar-refractivity contribution in [1.29, 1.82) is 0 Å². The molecule has 0 saturated carbocycles. The Bertz CT molecular complexity index is 454. The van der Waals surface area contributed by atoms with E-state index in [9.17, 15) is 0 Å². The first-order valence-electron chi connectivity index (χ1n) is 5.43. The predicted molar refractivity (Wildman–Crippen MR) is 66.7 cm³/mol. The zero-order chi connectivity index (χ0) is 11.5. The van der Waals surface area contributed by atoms with Gasteiger partial charge in [-0.15, -0.1) is 11.3 Å². The summed E-state index contributed by atoms with van der Waals surface area (Å²) in [5.41, 5.74) is 2.26. The van der Waals surface area contributed by atoms with E-state index in [-0.39, 0.29) is 0 Å². The molecule has 2 aromatic rings. The molecule has 0 aliphatic carbocycles. The summed E-state index contributed by atoms with van der Waals surface area (Å²) in [5, 5.41) is 3.23. The van der Waals surface area contributed by atoms with Crippen LogP contribution in [0.5, 0.6) is 0 Å². The lowest BCUT2D eigenvalue weighted by Gasteiger charge is -1.93. The van der Waals surface area contributed by atoms with Crippen molar-refractivity contribution in [3.8, 4) is 10.8 Å². The van der Waals surface area contributed by atoms with E-state index in [0.29, 0.717) is 0 Å². The molecule has 3 nitrogen and oxygen atoms in total. The number of aryl methyl sites for hydroxylation is 2. The summed E-state index contributed by atoms with van der Waals surface area (Å²) in [6, 6.07) is 2.13. The van der Waals surface area contributed by atoms with Gasteiger partial charge in [-0.3, -0.25) is 0 Å². The lowest BCUT2D eigenvalue weighted by atomic mass is 10.3. The first-order chi connectivity index (χ1) is 7.70. The average molecular weight is 236 g/mol. The average Bonchev–Trinajstić information content (AvgIpc) is 2.84. The summed E-state index contributed by atoms with van der Waals surface area (Å²) in [6.07, 6.45) is 1.72. The third-order valence-corrected chi connectivity index (χ3v) is 3.63. The van der Waals surface area contributed by atoms with E-state index in [2.05, 4.69) is 37.1 Å². The molecule has 0 aromatic carbocycles. The van der Waals surface area contributed by atoms with Crippen LogP contribution in [0, 0.1) is 13.8 Å². The molecule has 4 heteroatoms. The summed E-state index contributed by atoms with van der Waals surface area (Å²) in [5.74, 6) is 0.731. The molecular formula is C12H16N2OS. The van der Waals surface area contributed by atoms with Gasteiger partial charge in [-0.05, 0) is 32.0 Å². The maximum Gasteiger partial charge on any atom is 0.236 e. The minimum Gasteiger partial charge on any atom is -0.444 e. The van der Waals surface area contributed by atoms with Gasteiger partial charge in [0.25, 0.3) is 0 Å². The van der Waals surface area contributed by atoms with Crippen LogP contribution < -0.4 is 5.32 Å². The van der Waals surface area contributed by atoms with E-state index in [1.807, 2.05) is 0 Å². The molecule has 86 valence electrons. The summed E-state index contributed by atoms with van der Waals surface area (Å²) in [4.78, 5) is 6.88. The summed E-state index contributed by atoms with van der Waals surface area (Å²) in [6.45, 7) is 8.01. The van der Waals surface area contributed by atoms with Gasteiger partial charge in [0, 0.05) is 11.4 Å². The van der Waals surface area contributed by atoms with Crippen molar-refractivity contribution in [2.24, 2.45) is 0 Å². The Morgan fingerprint density at radius 3 is 2.88 bits per heavy atom. The van der Waals surface area contributed by atoms with Crippen LogP contribution in [0.2, 0.25) is 0 Å². The fraction of sp³-hybridized carbons (Fsp3) is 0.417. The van der Waals surface area contributed by atoms with Crippen LogP contribution in [0.1, 0.15) is 23.1 Å². The Hall–Kier alpha value is -1.13. The molecule has 0 spiro atoms. The predicted octanol–water partition coefficient (Wildman–Crippen LogP) is 3.13. The van der Waals surface area contributed by atoms with Gasteiger partial charge in [0.2, 0.25) is 5.89 Å². The highest BCUT2D eigenvalue weighted by molar-refractivity contribution is 7.15. The van der Waals surface area contributed by atoms with Crippen molar-refractivity contribution in [1.82, 2.24) is 10.3 Å². The van der Waals surface area contributed by atoms with Gasteiger partial charge in [-0.25, -0.2) is 4.98 Å². The van der Waals surface area contributed by atoms with Gasteiger partial charge in [0.05, 0.1) is 10.6 Å². The molecule has 0 unspecified atom stereocenters. The van der Waals surface area contributed by atoms with Gasteiger partial charge in [-0.1, -0.05) is 6.92 Å². The number of rotatable bonds is 4. The van der Waals surface area contributed by atoms with Crippen LogP contribution in [-0.2, 0) is 6.54 Å². The zero-order valence-electron chi connectivity index (χ0n) is 9.83. The normalized spacial score (nSPS) is 10.9. The molecule has 0 atom stereocenters. The first-order valence-corrected chi connectivity index (χ1v) is 6.25. The molecule has 0 saturated heterocycles. The second kappa shape index (κ2) is 4.80. The molecule has 0 fully saturated rings. The van der Waals surface area contributed by atoms with Crippen molar-refractivity contribution in [3.05, 3.63) is 28.5 Å². The largest absolute Gasteiger partial charge is 0.444 e. The molecule has 2 aromatic heterocycles. The van der Waals surface area contributed by atoms with E-state index in [0.717, 1.165) is 29.6 Å². The fourth-order valence-electron chi connectivity index (χ4n) is 1.43. The molecular weight excluding hydrogens is 220 g/mol. The minimum atomic E-state index is 0.731. The second-order valence-corrected chi connectivity index (χ2v) is 5.03. The fourth-order valence-corrected chi connectivity index (χ4v) is 2.40. The van der Waals surface area contributed by atoms with Crippen LogP contribution in [0.3, 0.4) is 0 Å². The lowest BCUT2D eigenvalue weighted by Crippen LogP contribution is -2.11. The number of aromatic nitrogens is 1. The van der Waals surface area contributed by atoms with Crippen LogP contribution >= 0.6 is 11.3 Å². The Kier molecular flexibility index (Phi) is 3.41. The highest BCUT2D eigenvalue weighted by atomic mass is 32.1. The number of oxazole rings is 1. The highest BCUT2D eigenvalue weighted by Crippen LogP contribution is 2.29. The third-order valence-electron chi connectivity index (χ3n) is 2.48. The molecule has 2 rings (SSSR count). The zero-order valence-corrected chi connectivity index (χ0v) is 10.6. The molecule has 0 radical (unpaired) electrons. The van der Waals surface area contributed by atoms with Crippen LogP contribution in [-0.4, -0.2) is 11.5 Å². The quantitative estimate of drug-likeness (QED) is 0.886. The lowest BCUT2D eigenvalue weighted by molar-refractivity contribution is 0.572. The van der Waals surface area contributed by atoms with Gasteiger partial charge < -0.3 is 9.73 Å². The Morgan fingerprint density at radius 2 is 2.25 bits per heavy atom. The molecule has 0 aliphatic rings. The molecule has 1 N–H and O–H groups in total. The van der Waals surface area contributed by atoms with Crippen molar-refractivity contribution in [2.45, 2.75) is 27.3 Å². The van der Waals surface area contributed by atoms with Crippen LogP contribution in [0.4, 0.5) is 0 Å². The van der Waals surface area contributed by atoms with Gasteiger partial charge >= 0.3 is 0 Å². The number of nitrogens with zero attached hydrogens (tertiary/aromatic N) is 1. The summed E-state index contributed by atoms with van der Waals surface area (Å²) < 4.78 is 5.48. The third kappa shape index (κ3) is 2.33. The van der Waals surface area contributed by atoms with Crippen molar-refractivity contribution >= 4 is 11.3 Å².